The molecule has 0 aliphatic heterocycles. The van der Waals surface area contributed by atoms with Crippen molar-refractivity contribution in [2.45, 2.75) is 19.3 Å². The van der Waals surface area contributed by atoms with Crippen molar-refractivity contribution in [3.05, 3.63) is 127 Å². The third-order valence-electron chi connectivity index (χ3n) is 6.87. The van der Waals surface area contributed by atoms with E-state index in [9.17, 15) is 5.11 Å². The van der Waals surface area contributed by atoms with E-state index in [0.717, 1.165) is 33.5 Å². The monoisotopic (exact) mass is 676 g/mol. The van der Waals surface area contributed by atoms with Crippen molar-refractivity contribution in [2.24, 2.45) is 0 Å². The van der Waals surface area contributed by atoms with E-state index in [0.29, 0.717) is 17.0 Å². The van der Waals surface area contributed by atoms with E-state index in [1.54, 1.807) is 18.2 Å². The summed E-state index contributed by atoms with van der Waals surface area (Å²) in [6.07, 6.45) is 1.83. The van der Waals surface area contributed by atoms with Gasteiger partial charge in [-0.2, -0.15) is 0 Å². The Bertz CT molecular complexity index is 1720. The van der Waals surface area contributed by atoms with Gasteiger partial charge >= 0.3 is 0 Å². The molecule has 190 valence electrons. The summed E-state index contributed by atoms with van der Waals surface area (Å²) in [6, 6.07) is 37.2. The third kappa shape index (κ3) is 4.57. The number of hydrogen-bond acceptors (Lipinski definition) is 4. The first-order chi connectivity index (χ1) is 18.0. The summed E-state index contributed by atoms with van der Waals surface area (Å²) >= 11 is 0. The van der Waals surface area contributed by atoms with Crippen LogP contribution in [0, 0.1) is 6.07 Å². The van der Waals surface area contributed by atoms with E-state index in [2.05, 4.69) is 50.2 Å². The molecule has 0 fully saturated rings. The number of aromatic hydroxyl groups is 1. The number of para-hydroxylation sites is 2. The molecule has 0 radical (unpaired) electrons. The van der Waals surface area contributed by atoms with Crippen LogP contribution < -0.4 is 0 Å². The average Bonchev–Trinajstić information content (AvgIpc) is 3.38. The molecule has 4 nitrogen and oxygen atoms in total. The van der Waals surface area contributed by atoms with E-state index in [4.69, 9.17) is 14.4 Å². The molecule has 0 aliphatic rings. The SMILES string of the molecule is CC(C)(c1ccccc1)c1cccnc1-c1[c-]c(-c2cccc3oc(-c4ccccc4O)nc23)ccc1.[Pt]. The topological polar surface area (TPSA) is 59.2 Å². The number of nitrogens with zero attached hydrogens (tertiary/aromatic N) is 2. The number of pyridine rings is 1. The van der Waals surface area contributed by atoms with Crippen molar-refractivity contribution in [3.63, 3.8) is 0 Å². The first-order valence-corrected chi connectivity index (χ1v) is 12.2. The molecular weight excluding hydrogens is 651 g/mol. The summed E-state index contributed by atoms with van der Waals surface area (Å²) in [5.74, 6) is 0.515. The third-order valence-corrected chi connectivity index (χ3v) is 6.87. The summed E-state index contributed by atoms with van der Waals surface area (Å²) in [6.45, 7) is 4.45. The average molecular weight is 677 g/mol. The summed E-state index contributed by atoms with van der Waals surface area (Å²) in [4.78, 5) is 9.55. The zero-order valence-electron chi connectivity index (χ0n) is 21.0. The Morgan fingerprint density at radius 1 is 0.737 bits per heavy atom. The van der Waals surface area contributed by atoms with Crippen LogP contribution in [0.2, 0.25) is 0 Å². The van der Waals surface area contributed by atoms with Gasteiger partial charge in [-0.25, -0.2) is 4.98 Å². The smallest absolute Gasteiger partial charge is 0.230 e. The second-order valence-electron chi connectivity index (χ2n) is 9.56. The number of phenols is 1. The van der Waals surface area contributed by atoms with Gasteiger partial charge in [-0.1, -0.05) is 85.6 Å². The van der Waals surface area contributed by atoms with Crippen molar-refractivity contribution in [3.8, 4) is 39.6 Å². The van der Waals surface area contributed by atoms with Gasteiger partial charge in [-0.05, 0) is 35.4 Å². The van der Waals surface area contributed by atoms with Crippen LogP contribution in [-0.2, 0) is 26.5 Å². The minimum Gasteiger partial charge on any atom is -0.507 e. The fourth-order valence-corrected chi connectivity index (χ4v) is 4.83. The second-order valence-corrected chi connectivity index (χ2v) is 9.56. The predicted octanol–water partition coefficient (Wildman–Crippen LogP) is 8.05. The van der Waals surface area contributed by atoms with Gasteiger partial charge in [0.1, 0.15) is 11.3 Å². The molecule has 0 saturated carbocycles. The number of rotatable bonds is 5. The van der Waals surface area contributed by atoms with E-state index in [-0.39, 0.29) is 32.2 Å². The van der Waals surface area contributed by atoms with Gasteiger partial charge in [-0.3, -0.25) is 4.98 Å². The van der Waals surface area contributed by atoms with Gasteiger partial charge in [0.2, 0.25) is 5.89 Å². The molecular formula is C33H25N2O2Pt-. The van der Waals surface area contributed by atoms with Crippen LogP contribution >= 0.6 is 0 Å². The second kappa shape index (κ2) is 10.4. The van der Waals surface area contributed by atoms with Crippen molar-refractivity contribution < 1.29 is 30.6 Å². The maximum atomic E-state index is 10.3. The molecule has 0 atom stereocenters. The minimum atomic E-state index is -0.243. The molecule has 1 N–H and O–H groups in total. The molecule has 6 aromatic rings. The summed E-state index contributed by atoms with van der Waals surface area (Å²) in [7, 11) is 0. The van der Waals surface area contributed by atoms with Crippen LogP contribution in [0.5, 0.6) is 5.75 Å². The van der Waals surface area contributed by atoms with Gasteiger partial charge in [0.05, 0.1) is 11.1 Å². The summed E-state index contributed by atoms with van der Waals surface area (Å²) in [5, 5.41) is 10.3. The molecule has 4 aromatic carbocycles. The Hall–Kier alpha value is -4.01. The van der Waals surface area contributed by atoms with Gasteiger partial charge in [-0.15, -0.1) is 29.8 Å². The summed E-state index contributed by atoms with van der Waals surface area (Å²) in [5.41, 5.74) is 7.67. The largest absolute Gasteiger partial charge is 0.507 e. The molecule has 0 amide bonds. The normalized spacial score (nSPS) is 11.3. The Kier molecular flexibility index (Phi) is 7.01. The van der Waals surface area contributed by atoms with Crippen LogP contribution in [0.4, 0.5) is 0 Å². The maximum Gasteiger partial charge on any atom is 0.230 e. The first kappa shape index (κ1) is 25.6. The molecule has 0 bridgehead atoms. The number of hydrogen-bond donors (Lipinski definition) is 1. The van der Waals surface area contributed by atoms with E-state index in [1.807, 2.05) is 60.8 Å². The van der Waals surface area contributed by atoms with Gasteiger partial charge < -0.3 is 9.52 Å². The van der Waals surface area contributed by atoms with E-state index in [1.165, 1.54) is 5.56 Å². The number of oxazole rings is 1. The van der Waals surface area contributed by atoms with Crippen LogP contribution in [0.3, 0.4) is 0 Å². The van der Waals surface area contributed by atoms with E-state index < -0.39 is 0 Å². The summed E-state index contributed by atoms with van der Waals surface area (Å²) < 4.78 is 6.03. The Labute approximate surface area is 236 Å². The molecule has 0 unspecified atom stereocenters. The van der Waals surface area contributed by atoms with Crippen molar-refractivity contribution in [1.82, 2.24) is 9.97 Å². The Morgan fingerprint density at radius 3 is 2.26 bits per heavy atom. The zero-order chi connectivity index (χ0) is 25.4. The predicted molar refractivity (Wildman–Crippen MR) is 147 cm³/mol. The van der Waals surface area contributed by atoms with Gasteiger partial charge in [0.15, 0.2) is 0 Å². The Balaban J connectivity index is 0.00000294. The van der Waals surface area contributed by atoms with Gasteiger partial charge in [0, 0.05) is 38.4 Å². The van der Waals surface area contributed by atoms with Crippen molar-refractivity contribution in [1.29, 1.82) is 0 Å². The molecule has 0 aliphatic carbocycles. The Morgan fingerprint density at radius 2 is 1.45 bits per heavy atom. The molecule has 0 saturated heterocycles. The number of aromatic nitrogens is 2. The number of benzene rings is 4. The fourth-order valence-electron chi connectivity index (χ4n) is 4.83. The molecule has 2 heterocycles. The molecule has 38 heavy (non-hydrogen) atoms. The number of phenolic OH excluding ortho intramolecular Hbond substituents is 1. The quantitative estimate of drug-likeness (QED) is 0.188. The van der Waals surface area contributed by atoms with Crippen LogP contribution in [0.1, 0.15) is 25.0 Å². The first-order valence-electron chi connectivity index (χ1n) is 12.2. The molecule has 0 spiro atoms. The fraction of sp³-hybridized carbons (Fsp3) is 0.0909. The van der Waals surface area contributed by atoms with Crippen molar-refractivity contribution in [2.75, 3.05) is 0 Å². The van der Waals surface area contributed by atoms with Crippen LogP contribution in [0.15, 0.2) is 114 Å². The van der Waals surface area contributed by atoms with Gasteiger partial charge in [0.25, 0.3) is 0 Å². The molecule has 5 heteroatoms. The zero-order valence-corrected chi connectivity index (χ0v) is 23.2. The number of fused-ring (bicyclic) bond motifs is 1. The minimum absolute atomic E-state index is 0. The van der Waals surface area contributed by atoms with Crippen molar-refractivity contribution >= 4 is 11.1 Å². The molecule has 2 aromatic heterocycles. The van der Waals surface area contributed by atoms with E-state index >= 15 is 0 Å². The van der Waals surface area contributed by atoms with Crippen LogP contribution in [-0.4, -0.2) is 15.1 Å². The standard InChI is InChI=1S/C33H25N2O2.Pt/c1-33(2,24-13-4-3-5-14-24)27-17-10-20-34-30(27)23-12-8-11-22(21-23)25-16-9-19-29-31(25)35-32(37-29)26-15-6-7-18-28(26)36;/h3-20,36H,1-2H3;/q-1;. The molecule has 6 rings (SSSR count). The van der Waals surface area contributed by atoms with Crippen LogP contribution in [0.25, 0.3) is 44.9 Å². The maximum absolute atomic E-state index is 10.3.